The van der Waals surface area contributed by atoms with Gasteiger partial charge in [-0.15, -0.1) is 0 Å². The van der Waals surface area contributed by atoms with Crippen LogP contribution in [0.3, 0.4) is 0 Å². The van der Waals surface area contributed by atoms with Crippen LogP contribution in [0.1, 0.15) is 10.4 Å². The molecule has 0 spiro atoms. The molecule has 3 heterocycles. The van der Waals surface area contributed by atoms with E-state index in [1.165, 1.54) is 6.20 Å². The third-order valence-corrected chi connectivity index (χ3v) is 3.57. The molecule has 0 unspecified atom stereocenters. The molecule has 1 amide bonds. The first-order valence-corrected chi connectivity index (χ1v) is 7.68. The fourth-order valence-corrected chi connectivity index (χ4v) is 2.39. The Kier molecular flexibility index (Phi) is 3.80. The largest absolute Gasteiger partial charge is 0.325 e. The predicted octanol–water partition coefficient (Wildman–Crippen LogP) is 3.12. The first-order valence-electron chi connectivity index (χ1n) is 7.68. The zero-order valence-electron chi connectivity index (χ0n) is 13.1. The molecule has 25 heavy (non-hydrogen) atoms. The van der Waals surface area contributed by atoms with E-state index >= 15 is 0 Å². The first kappa shape index (κ1) is 14.8. The molecule has 0 aliphatic rings. The van der Waals surface area contributed by atoms with Crippen LogP contribution in [0, 0.1) is 0 Å². The van der Waals surface area contributed by atoms with Crippen LogP contribution in [-0.2, 0) is 0 Å². The number of nitrogens with zero attached hydrogens (tertiary/aromatic N) is 4. The van der Waals surface area contributed by atoms with E-state index in [0.29, 0.717) is 22.8 Å². The van der Waals surface area contributed by atoms with E-state index < -0.39 is 0 Å². The van der Waals surface area contributed by atoms with Crippen molar-refractivity contribution in [3.05, 3.63) is 78.8 Å². The Bertz CT molecular complexity index is 1010. The second-order valence-electron chi connectivity index (χ2n) is 5.30. The zero-order chi connectivity index (χ0) is 17.1. The standard InChI is InChI=1S/C18H14N6O/c25-18(21-13-6-2-1-3-7-13)14-12-20-24-11-9-16(23-17(14)24)22-15-8-4-5-10-19-15/h1-12H,(H,21,25)(H,19,22,23). The van der Waals surface area contributed by atoms with E-state index in [-0.39, 0.29) is 5.91 Å². The molecule has 7 heteroatoms. The number of anilines is 3. The van der Waals surface area contributed by atoms with E-state index in [1.807, 2.05) is 48.5 Å². The van der Waals surface area contributed by atoms with Gasteiger partial charge in [-0.1, -0.05) is 24.3 Å². The molecule has 122 valence electrons. The molecule has 0 fully saturated rings. The number of amides is 1. The monoisotopic (exact) mass is 330 g/mol. The van der Waals surface area contributed by atoms with Crippen LogP contribution < -0.4 is 10.6 Å². The quantitative estimate of drug-likeness (QED) is 0.600. The van der Waals surface area contributed by atoms with Crippen LogP contribution in [0.15, 0.2) is 73.2 Å². The number of hydrogen-bond acceptors (Lipinski definition) is 5. The van der Waals surface area contributed by atoms with Gasteiger partial charge < -0.3 is 10.6 Å². The second kappa shape index (κ2) is 6.40. The molecule has 4 aromatic rings. The normalized spacial score (nSPS) is 10.6. The van der Waals surface area contributed by atoms with Gasteiger partial charge in [0.2, 0.25) is 0 Å². The summed E-state index contributed by atoms with van der Waals surface area (Å²) in [5.74, 6) is 0.998. The second-order valence-corrected chi connectivity index (χ2v) is 5.30. The van der Waals surface area contributed by atoms with Gasteiger partial charge in [0.05, 0.1) is 6.20 Å². The average molecular weight is 330 g/mol. The van der Waals surface area contributed by atoms with Crippen molar-refractivity contribution in [2.75, 3.05) is 10.6 Å². The van der Waals surface area contributed by atoms with Crippen LogP contribution >= 0.6 is 0 Å². The highest BCUT2D eigenvalue weighted by atomic mass is 16.1. The van der Waals surface area contributed by atoms with Crippen molar-refractivity contribution < 1.29 is 4.79 Å². The van der Waals surface area contributed by atoms with Gasteiger partial charge in [-0.3, -0.25) is 4.79 Å². The molecule has 4 rings (SSSR count). The zero-order valence-corrected chi connectivity index (χ0v) is 13.1. The third kappa shape index (κ3) is 3.16. The van der Waals surface area contributed by atoms with E-state index in [9.17, 15) is 4.79 Å². The minimum atomic E-state index is -0.260. The van der Waals surface area contributed by atoms with Gasteiger partial charge in [0.25, 0.3) is 5.91 Å². The molecule has 2 N–H and O–H groups in total. The number of pyridine rings is 1. The van der Waals surface area contributed by atoms with Crippen LogP contribution in [-0.4, -0.2) is 25.5 Å². The van der Waals surface area contributed by atoms with E-state index in [1.54, 1.807) is 23.0 Å². The molecule has 1 aromatic carbocycles. The molecule has 0 bridgehead atoms. The predicted molar refractivity (Wildman–Crippen MR) is 94.9 cm³/mol. The van der Waals surface area contributed by atoms with Crippen LogP contribution in [0.4, 0.5) is 17.3 Å². The average Bonchev–Trinajstić information content (AvgIpc) is 3.07. The Labute approximate surface area is 143 Å². The molecule has 0 radical (unpaired) electrons. The van der Waals surface area contributed by atoms with E-state index in [0.717, 1.165) is 5.69 Å². The fourth-order valence-electron chi connectivity index (χ4n) is 2.39. The lowest BCUT2D eigenvalue weighted by molar-refractivity contribution is 0.102. The highest BCUT2D eigenvalue weighted by Crippen LogP contribution is 2.16. The van der Waals surface area contributed by atoms with Gasteiger partial charge in [0.15, 0.2) is 5.65 Å². The number of fused-ring (bicyclic) bond motifs is 1. The van der Waals surface area contributed by atoms with Crippen molar-refractivity contribution in [1.82, 2.24) is 19.6 Å². The molecule has 7 nitrogen and oxygen atoms in total. The SMILES string of the molecule is O=C(Nc1ccccc1)c1cnn2ccc(Nc3ccccn3)nc12. The lowest BCUT2D eigenvalue weighted by atomic mass is 10.2. The highest BCUT2D eigenvalue weighted by Gasteiger charge is 2.15. The smallest absolute Gasteiger partial charge is 0.261 e. The van der Waals surface area contributed by atoms with Crippen molar-refractivity contribution in [3.63, 3.8) is 0 Å². The lowest BCUT2D eigenvalue weighted by Gasteiger charge is -2.06. The van der Waals surface area contributed by atoms with Crippen LogP contribution in [0.25, 0.3) is 5.65 Å². The van der Waals surface area contributed by atoms with Crippen molar-refractivity contribution in [3.8, 4) is 0 Å². The maximum Gasteiger partial charge on any atom is 0.261 e. The van der Waals surface area contributed by atoms with Crippen molar-refractivity contribution >= 4 is 28.9 Å². The Balaban J connectivity index is 1.63. The number of aromatic nitrogens is 4. The van der Waals surface area contributed by atoms with Gasteiger partial charge in [0.1, 0.15) is 17.2 Å². The molecular weight excluding hydrogens is 316 g/mol. The molecule has 0 saturated heterocycles. The summed E-state index contributed by atoms with van der Waals surface area (Å²) in [7, 11) is 0. The van der Waals surface area contributed by atoms with Gasteiger partial charge in [-0.25, -0.2) is 14.5 Å². The third-order valence-electron chi connectivity index (χ3n) is 3.57. The Morgan fingerprint density at radius 3 is 2.60 bits per heavy atom. The number of benzene rings is 1. The van der Waals surface area contributed by atoms with Crippen molar-refractivity contribution in [1.29, 1.82) is 0 Å². The minimum Gasteiger partial charge on any atom is -0.325 e. The number of carbonyl (C=O) groups is 1. The number of hydrogen-bond donors (Lipinski definition) is 2. The summed E-state index contributed by atoms with van der Waals surface area (Å²) in [4.78, 5) is 21.2. The summed E-state index contributed by atoms with van der Waals surface area (Å²) in [6.07, 6.45) is 4.94. The highest BCUT2D eigenvalue weighted by molar-refractivity contribution is 6.08. The number of rotatable bonds is 4. The summed E-state index contributed by atoms with van der Waals surface area (Å²) in [5.41, 5.74) is 1.58. The molecule has 3 aromatic heterocycles. The molecule has 0 aliphatic carbocycles. The molecular formula is C18H14N6O. The molecule has 0 aliphatic heterocycles. The van der Waals surface area contributed by atoms with E-state index in [2.05, 4.69) is 25.7 Å². The lowest BCUT2D eigenvalue weighted by Crippen LogP contribution is -2.12. The summed E-state index contributed by atoms with van der Waals surface area (Å²) < 4.78 is 1.56. The van der Waals surface area contributed by atoms with Crippen LogP contribution in [0.2, 0.25) is 0 Å². The van der Waals surface area contributed by atoms with Gasteiger partial charge in [0, 0.05) is 18.1 Å². The maximum absolute atomic E-state index is 12.5. The first-order chi connectivity index (χ1) is 12.3. The molecule has 0 atom stereocenters. The number of carbonyl (C=O) groups excluding carboxylic acids is 1. The number of nitrogens with one attached hydrogen (secondary N) is 2. The fraction of sp³-hybridized carbons (Fsp3) is 0. The summed E-state index contributed by atoms with van der Waals surface area (Å²) in [5, 5.41) is 10.1. The Hall–Kier alpha value is -3.74. The number of para-hydroxylation sites is 1. The Morgan fingerprint density at radius 1 is 0.960 bits per heavy atom. The summed E-state index contributed by atoms with van der Waals surface area (Å²) in [6.45, 7) is 0. The summed E-state index contributed by atoms with van der Waals surface area (Å²) in [6, 6.07) is 16.6. The van der Waals surface area contributed by atoms with Gasteiger partial charge >= 0.3 is 0 Å². The minimum absolute atomic E-state index is 0.260. The van der Waals surface area contributed by atoms with Crippen molar-refractivity contribution in [2.45, 2.75) is 0 Å². The Morgan fingerprint density at radius 2 is 1.80 bits per heavy atom. The van der Waals surface area contributed by atoms with Gasteiger partial charge in [-0.2, -0.15) is 5.10 Å². The van der Waals surface area contributed by atoms with Crippen molar-refractivity contribution in [2.24, 2.45) is 0 Å². The van der Waals surface area contributed by atoms with E-state index in [4.69, 9.17) is 0 Å². The van der Waals surface area contributed by atoms with Crippen LogP contribution in [0.5, 0.6) is 0 Å². The molecule has 0 saturated carbocycles. The van der Waals surface area contributed by atoms with Gasteiger partial charge in [-0.05, 0) is 30.3 Å². The summed E-state index contributed by atoms with van der Waals surface area (Å²) >= 11 is 0. The topological polar surface area (TPSA) is 84.2 Å². The maximum atomic E-state index is 12.5.